The number of carbonyl (C=O) groups excluding carboxylic acids is 1. The van der Waals surface area contributed by atoms with Gasteiger partial charge in [-0.15, -0.1) is 0 Å². The van der Waals surface area contributed by atoms with E-state index < -0.39 is 18.3 Å². The Morgan fingerprint density at radius 3 is 2.84 bits per heavy atom. The van der Waals surface area contributed by atoms with Crippen LogP contribution in [0.4, 0.5) is 5.82 Å². The number of pyridine rings is 1. The van der Waals surface area contributed by atoms with Crippen LogP contribution in [-0.4, -0.2) is 39.9 Å². The molecule has 0 spiro atoms. The second kappa shape index (κ2) is 5.52. The molecule has 0 bridgehead atoms. The summed E-state index contributed by atoms with van der Waals surface area (Å²) in [5.74, 6) is 0.0230. The molecule has 0 unspecified atom stereocenters. The van der Waals surface area contributed by atoms with Crippen molar-refractivity contribution in [3.63, 3.8) is 0 Å². The van der Waals surface area contributed by atoms with Crippen molar-refractivity contribution in [2.75, 3.05) is 11.9 Å². The number of aliphatic hydroxyl groups excluding tert-OH is 2. The number of H-pyrrole nitrogens is 1. The number of aromatic amines is 1. The maximum Gasteiger partial charge on any atom is 0.255 e. The van der Waals surface area contributed by atoms with Gasteiger partial charge in [-0.1, -0.05) is 0 Å². The first kappa shape index (κ1) is 13.7. The van der Waals surface area contributed by atoms with Crippen LogP contribution in [-0.2, 0) is 9.53 Å². The lowest BCUT2D eigenvalue weighted by Crippen LogP contribution is -2.24. The highest BCUT2D eigenvalue weighted by Gasteiger charge is 2.35. The van der Waals surface area contributed by atoms with Gasteiger partial charge in [0.15, 0.2) is 0 Å². The molecule has 1 saturated heterocycles. The number of aliphatic hydroxyl groups is 2. The number of hydrogen-bond acceptors (Lipinski definition) is 5. The van der Waals surface area contributed by atoms with Crippen molar-refractivity contribution in [3.8, 4) is 0 Å². The molecule has 7 nitrogen and oxygen atoms in total. The van der Waals surface area contributed by atoms with E-state index in [0.29, 0.717) is 11.4 Å². The zero-order chi connectivity index (χ0) is 14.0. The average molecular weight is 268 g/mol. The van der Waals surface area contributed by atoms with Crippen molar-refractivity contribution in [3.05, 3.63) is 28.0 Å². The molecule has 1 amide bonds. The quantitative estimate of drug-likeness (QED) is 0.591. The number of carbonyl (C=O) groups is 1. The van der Waals surface area contributed by atoms with E-state index in [9.17, 15) is 14.7 Å². The molecule has 1 aliphatic rings. The Labute approximate surface area is 109 Å². The van der Waals surface area contributed by atoms with E-state index in [1.54, 1.807) is 12.1 Å². The van der Waals surface area contributed by atoms with Crippen molar-refractivity contribution < 1.29 is 19.7 Å². The summed E-state index contributed by atoms with van der Waals surface area (Å²) in [6.45, 7) is 1.05. The summed E-state index contributed by atoms with van der Waals surface area (Å²) in [6, 6.07) is 3.10. The van der Waals surface area contributed by atoms with E-state index >= 15 is 0 Å². The molecule has 0 aliphatic carbocycles. The molecule has 2 heterocycles. The maximum absolute atomic E-state index is 11.9. The second-order valence-electron chi connectivity index (χ2n) is 4.49. The fraction of sp³-hybridized carbons (Fsp3) is 0.500. The number of hydrogen-bond donors (Lipinski definition) is 4. The highest BCUT2D eigenvalue weighted by atomic mass is 16.5. The van der Waals surface area contributed by atoms with E-state index in [1.165, 1.54) is 6.92 Å². The van der Waals surface area contributed by atoms with Crippen LogP contribution in [0.5, 0.6) is 0 Å². The average Bonchev–Trinajstić information content (AvgIpc) is 2.69. The summed E-state index contributed by atoms with van der Waals surface area (Å²) in [7, 11) is 0. The number of aromatic nitrogens is 1. The minimum atomic E-state index is -0.788. The first-order chi connectivity index (χ1) is 9.01. The summed E-state index contributed by atoms with van der Waals surface area (Å²) < 4.78 is 5.40. The Balaban J connectivity index is 2.18. The van der Waals surface area contributed by atoms with Crippen molar-refractivity contribution in [2.24, 2.45) is 0 Å². The van der Waals surface area contributed by atoms with Crippen molar-refractivity contribution >= 4 is 11.7 Å². The van der Waals surface area contributed by atoms with E-state index in [0.717, 1.165) is 0 Å². The first-order valence-electron chi connectivity index (χ1n) is 5.96. The Morgan fingerprint density at radius 2 is 2.32 bits per heavy atom. The molecule has 19 heavy (non-hydrogen) atoms. The van der Waals surface area contributed by atoms with E-state index in [1.807, 2.05) is 0 Å². The van der Waals surface area contributed by atoms with Crippen LogP contribution in [0.2, 0.25) is 0 Å². The van der Waals surface area contributed by atoms with Crippen LogP contribution in [0.1, 0.15) is 25.0 Å². The molecule has 104 valence electrons. The third-order valence-corrected chi connectivity index (χ3v) is 3.00. The zero-order valence-corrected chi connectivity index (χ0v) is 10.4. The number of nitrogens with one attached hydrogen (secondary N) is 2. The van der Waals surface area contributed by atoms with Gasteiger partial charge >= 0.3 is 0 Å². The Bertz CT molecular complexity index is 527. The van der Waals surface area contributed by atoms with Crippen molar-refractivity contribution in [2.45, 2.75) is 31.7 Å². The van der Waals surface area contributed by atoms with Gasteiger partial charge in [0.25, 0.3) is 5.56 Å². The second-order valence-corrected chi connectivity index (χ2v) is 4.49. The Kier molecular flexibility index (Phi) is 3.98. The largest absolute Gasteiger partial charge is 0.394 e. The normalized spacial score (nSPS) is 26.4. The lowest BCUT2D eigenvalue weighted by Gasteiger charge is -2.12. The van der Waals surface area contributed by atoms with Gasteiger partial charge in [-0.3, -0.25) is 9.59 Å². The molecule has 1 aliphatic heterocycles. The number of amides is 1. The molecule has 0 aromatic carbocycles. The van der Waals surface area contributed by atoms with E-state index in [4.69, 9.17) is 9.84 Å². The molecule has 0 saturated carbocycles. The van der Waals surface area contributed by atoms with Gasteiger partial charge in [0.2, 0.25) is 5.91 Å². The van der Waals surface area contributed by atoms with Crippen LogP contribution in [0.3, 0.4) is 0 Å². The maximum atomic E-state index is 11.9. The summed E-state index contributed by atoms with van der Waals surface area (Å²) in [6.07, 6.45) is -1.75. The predicted molar refractivity (Wildman–Crippen MR) is 66.7 cm³/mol. The molecule has 1 aromatic heterocycles. The molecule has 0 radical (unpaired) electrons. The fourth-order valence-electron chi connectivity index (χ4n) is 2.09. The molecule has 1 aromatic rings. The smallest absolute Gasteiger partial charge is 0.255 e. The SMILES string of the molecule is CC(=O)Nc1ccc([C@H]2C[C@H](O)[C@@H](CO)O2)c(=O)[nH]1. The highest BCUT2D eigenvalue weighted by molar-refractivity contribution is 5.87. The van der Waals surface area contributed by atoms with E-state index in [-0.39, 0.29) is 24.5 Å². The van der Waals surface area contributed by atoms with Gasteiger partial charge in [-0.05, 0) is 12.1 Å². The van der Waals surface area contributed by atoms with Gasteiger partial charge in [0, 0.05) is 18.9 Å². The van der Waals surface area contributed by atoms with Gasteiger partial charge in [-0.25, -0.2) is 0 Å². The van der Waals surface area contributed by atoms with Crippen LogP contribution < -0.4 is 10.9 Å². The van der Waals surface area contributed by atoms with Crippen molar-refractivity contribution in [1.82, 2.24) is 4.98 Å². The number of anilines is 1. The minimum Gasteiger partial charge on any atom is -0.394 e. The standard InChI is InChI=1S/C12H16N2O5/c1-6(16)13-11-3-2-7(12(18)14-11)9-4-8(17)10(5-15)19-9/h2-3,8-10,15,17H,4-5H2,1H3,(H2,13,14,16,18)/t8-,9+,10+/m0/s1. The summed E-state index contributed by atoms with van der Waals surface area (Å²) in [5.41, 5.74) is -0.0221. The van der Waals surface area contributed by atoms with Crippen molar-refractivity contribution in [1.29, 1.82) is 0 Å². The lowest BCUT2D eigenvalue weighted by atomic mass is 10.1. The molecule has 2 rings (SSSR count). The topological polar surface area (TPSA) is 112 Å². The fourth-order valence-corrected chi connectivity index (χ4v) is 2.09. The van der Waals surface area contributed by atoms with Gasteiger partial charge in [-0.2, -0.15) is 0 Å². The predicted octanol–water partition coefficient (Wildman–Crippen LogP) is -0.484. The Hall–Kier alpha value is -1.70. The van der Waals surface area contributed by atoms with E-state index in [2.05, 4.69) is 10.3 Å². The highest BCUT2D eigenvalue weighted by Crippen LogP contribution is 2.31. The summed E-state index contributed by atoms with van der Waals surface area (Å²) in [5, 5.41) is 21.1. The summed E-state index contributed by atoms with van der Waals surface area (Å²) in [4.78, 5) is 25.3. The molecule has 3 atom stereocenters. The summed E-state index contributed by atoms with van der Waals surface area (Å²) >= 11 is 0. The monoisotopic (exact) mass is 268 g/mol. The van der Waals surface area contributed by atoms with Gasteiger partial charge in [0.05, 0.1) is 18.8 Å². The Morgan fingerprint density at radius 1 is 1.58 bits per heavy atom. The van der Waals surface area contributed by atoms with Crippen LogP contribution in [0.25, 0.3) is 0 Å². The number of rotatable bonds is 3. The third-order valence-electron chi connectivity index (χ3n) is 3.00. The molecular formula is C12H16N2O5. The first-order valence-corrected chi connectivity index (χ1v) is 5.96. The van der Waals surface area contributed by atoms with Crippen LogP contribution in [0, 0.1) is 0 Å². The lowest BCUT2D eigenvalue weighted by molar-refractivity contribution is -0.114. The number of ether oxygens (including phenoxy) is 1. The van der Waals surface area contributed by atoms with Crippen LogP contribution >= 0.6 is 0 Å². The molecule has 7 heteroatoms. The third kappa shape index (κ3) is 3.01. The molecule has 1 fully saturated rings. The minimum absolute atomic E-state index is 0.258. The van der Waals surface area contributed by atoms with Gasteiger partial charge < -0.3 is 25.3 Å². The molecule has 4 N–H and O–H groups in total. The molecular weight excluding hydrogens is 252 g/mol. The van der Waals surface area contributed by atoms with Gasteiger partial charge in [0.1, 0.15) is 11.9 Å². The zero-order valence-electron chi connectivity index (χ0n) is 10.4. The van der Waals surface area contributed by atoms with Crippen LogP contribution in [0.15, 0.2) is 16.9 Å².